The zero-order chi connectivity index (χ0) is 11.7. The van der Waals surface area contributed by atoms with Gasteiger partial charge in [-0.3, -0.25) is 10.1 Å². The van der Waals surface area contributed by atoms with Gasteiger partial charge in [-0.05, 0) is 31.5 Å². The number of hydrogen-bond acceptors (Lipinski definition) is 4. The van der Waals surface area contributed by atoms with E-state index in [-0.39, 0.29) is 6.04 Å². The van der Waals surface area contributed by atoms with Crippen LogP contribution in [0.15, 0.2) is 24.7 Å². The molecular weight excluding hydrogens is 214 g/mol. The lowest BCUT2D eigenvalue weighted by Gasteiger charge is -2.20. The highest BCUT2D eigenvalue weighted by atomic mass is 15.2. The summed E-state index contributed by atoms with van der Waals surface area (Å²) in [4.78, 5) is 8.77. The Labute approximate surface area is 99.7 Å². The minimum absolute atomic E-state index is 0.161. The third-order valence-corrected chi connectivity index (χ3v) is 3.44. The molecule has 5 nitrogen and oxygen atoms in total. The van der Waals surface area contributed by atoms with Crippen molar-refractivity contribution in [3.8, 4) is 0 Å². The third kappa shape index (κ3) is 1.72. The summed E-state index contributed by atoms with van der Waals surface area (Å²) in [5.74, 6) is 1.26. The first kappa shape index (κ1) is 10.4. The second-order valence-corrected chi connectivity index (χ2v) is 4.33. The molecule has 0 aromatic carbocycles. The summed E-state index contributed by atoms with van der Waals surface area (Å²) in [6.45, 7) is 0. The highest BCUT2D eigenvalue weighted by Gasteiger charge is 2.32. The van der Waals surface area contributed by atoms with Crippen molar-refractivity contribution in [2.45, 2.75) is 24.8 Å². The van der Waals surface area contributed by atoms with E-state index in [2.05, 4.69) is 31.5 Å². The SMILES string of the molecule is CNC(c1ncn[nH]1)C1CCc2cccnc21. The lowest BCUT2D eigenvalue weighted by molar-refractivity contribution is 0.450. The summed E-state index contributed by atoms with van der Waals surface area (Å²) in [6.07, 6.45) is 5.62. The predicted octanol–water partition coefficient (Wildman–Crippen LogP) is 1.19. The zero-order valence-electron chi connectivity index (χ0n) is 9.72. The molecule has 2 atom stereocenters. The molecule has 0 bridgehead atoms. The lowest BCUT2D eigenvalue weighted by atomic mass is 9.96. The third-order valence-electron chi connectivity index (χ3n) is 3.44. The summed E-state index contributed by atoms with van der Waals surface area (Å²) < 4.78 is 0. The molecule has 0 aliphatic heterocycles. The van der Waals surface area contributed by atoms with Crippen LogP contribution >= 0.6 is 0 Å². The Morgan fingerprint density at radius 2 is 2.41 bits per heavy atom. The van der Waals surface area contributed by atoms with Crippen molar-refractivity contribution in [3.63, 3.8) is 0 Å². The molecule has 17 heavy (non-hydrogen) atoms. The molecule has 2 unspecified atom stereocenters. The van der Waals surface area contributed by atoms with Gasteiger partial charge >= 0.3 is 0 Å². The number of nitrogens with zero attached hydrogens (tertiary/aromatic N) is 3. The van der Waals surface area contributed by atoms with Gasteiger partial charge in [0.05, 0.1) is 6.04 Å². The quantitative estimate of drug-likeness (QED) is 0.829. The van der Waals surface area contributed by atoms with Gasteiger partial charge in [0.15, 0.2) is 0 Å². The van der Waals surface area contributed by atoms with Crippen molar-refractivity contribution < 1.29 is 0 Å². The number of aromatic amines is 1. The fraction of sp³-hybridized carbons (Fsp3) is 0.417. The fourth-order valence-electron chi connectivity index (χ4n) is 2.66. The van der Waals surface area contributed by atoms with Crippen LogP contribution in [0, 0.1) is 0 Å². The Hall–Kier alpha value is -1.75. The molecule has 88 valence electrons. The van der Waals surface area contributed by atoms with Crippen LogP contribution in [0.5, 0.6) is 0 Å². The molecule has 0 saturated heterocycles. The van der Waals surface area contributed by atoms with Crippen molar-refractivity contribution in [2.24, 2.45) is 0 Å². The van der Waals surface area contributed by atoms with Gasteiger partial charge in [0.1, 0.15) is 12.2 Å². The van der Waals surface area contributed by atoms with Gasteiger partial charge in [-0.1, -0.05) is 6.07 Å². The molecule has 2 N–H and O–H groups in total. The topological polar surface area (TPSA) is 66.5 Å². The van der Waals surface area contributed by atoms with Crippen molar-refractivity contribution in [1.29, 1.82) is 0 Å². The number of fused-ring (bicyclic) bond motifs is 1. The minimum Gasteiger partial charge on any atom is -0.310 e. The summed E-state index contributed by atoms with van der Waals surface area (Å²) >= 11 is 0. The average Bonchev–Trinajstić information content (AvgIpc) is 3.01. The molecule has 0 radical (unpaired) electrons. The van der Waals surface area contributed by atoms with Gasteiger partial charge < -0.3 is 5.32 Å². The molecule has 1 aliphatic rings. The monoisotopic (exact) mass is 229 g/mol. The Balaban J connectivity index is 1.95. The molecule has 2 heterocycles. The Morgan fingerprint density at radius 1 is 1.47 bits per heavy atom. The normalized spacial score (nSPS) is 20.2. The molecular formula is C12H15N5. The van der Waals surface area contributed by atoms with Crippen LogP contribution in [0.1, 0.15) is 35.5 Å². The van der Waals surface area contributed by atoms with E-state index in [0.29, 0.717) is 5.92 Å². The number of hydrogen-bond donors (Lipinski definition) is 2. The van der Waals surface area contributed by atoms with Gasteiger partial charge in [0, 0.05) is 17.8 Å². The summed E-state index contributed by atoms with van der Waals surface area (Å²) in [5, 5.41) is 10.2. The van der Waals surface area contributed by atoms with Crippen LogP contribution < -0.4 is 5.32 Å². The number of H-pyrrole nitrogens is 1. The first-order valence-corrected chi connectivity index (χ1v) is 5.86. The molecule has 5 heteroatoms. The van der Waals surface area contributed by atoms with Crippen molar-refractivity contribution in [1.82, 2.24) is 25.5 Å². The lowest BCUT2D eigenvalue weighted by Crippen LogP contribution is -2.24. The molecule has 2 aromatic heterocycles. The molecule has 0 fully saturated rings. The van der Waals surface area contributed by atoms with Gasteiger partial charge in [-0.25, -0.2) is 4.98 Å². The first-order valence-electron chi connectivity index (χ1n) is 5.86. The van der Waals surface area contributed by atoms with Gasteiger partial charge in [-0.15, -0.1) is 0 Å². The van der Waals surface area contributed by atoms with E-state index in [1.807, 2.05) is 19.3 Å². The van der Waals surface area contributed by atoms with E-state index in [0.717, 1.165) is 18.7 Å². The minimum atomic E-state index is 0.161. The maximum Gasteiger partial charge on any atom is 0.142 e. The van der Waals surface area contributed by atoms with Crippen LogP contribution in [0.25, 0.3) is 0 Å². The molecule has 2 aromatic rings. The maximum absolute atomic E-state index is 4.52. The van der Waals surface area contributed by atoms with Crippen molar-refractivity contribution in [2.75, 3.05) is 7.05 Å². The number of aryl methyl sites for hydroxylation is 1. The van der Waals surface area contributed by atoms with Crippen LogP contribution in [0.3, 0.4) is 0 Å². The van der Waals surface area contributed by atoms with Gasteiger partial charge in [-0.2, -0.15) is 5.10 Å². The van der Waals surface area contributed by atoms with Crippen molar-refractivity contribution in [3.05, 3.63) is 41.7 Å². The van der Waals surface area contributed by atoms with Crippen LogP contribution in [-0.4, -0.2) is 27.2 Å². The van der Waals surface area contributed by atoms with E-state index < -0.39 is 0 Å². The zero-order valence-corrected chi connectivity index (χ0v) is 9.72. The van der Waals surface area contributed by atoms with E-state index in [4.69, 9.17) is 0 Å². The van der Waals surface area contributed by atoms with E-state index in [9.17, 15) is 0 Å². The van der Waals surface area contributed by atoms with Crippen LogP contribution in [0.4, 0.5) is 0 Å². The Kier molecular flexibility index (Phi) is 2.60. The van der Waals surface area contributed by atoms with E-state index in [1.54, 1.807) is 6.33 Å². The Morgan fingerprint density at radius 3 is 3.18 bits per heavy atom. The van der Waals surface area contributed by atoms with E-state index >= 15 is 0 Å². The second-order valence-electron chi connectivity index (χ2n) is 4.33. The number of aromatic nitrogens is 4. The predicted molar refractivity (Wildman–Crippen MR) is 63.5 cm³/mol. The summed E-state index contributed by atoms with van der Waals surface area (Å²) in [7, 11) is 1.95. The van der Waals surface area contributed by atoms with Gasteiger partial charge in [0.2, 0.25) is 0 Å². The number of nitrogens with one attached hydrogen (secondary N) is 2. The van der Waals surface area contributed by atoms with Crippen molar-refractivity contribution >= 4 is 0 Å². The smallest absolute Gasteiger partial charge is 0.142 e. The number of pyridine rings is 1. The summed E-state index contributed by atoms with van der Waals surface area (Å²) in [5.41, 5.74) is 2.56. The molecule has 1 aliphatic carbocycles. The average molecular weight is 229 g/mol. The highest BCUT2D eigenvalue weighted by molar-refractivity contribution is 5.30. The highest BCUT2D eigenvalue weighted by Crippen LogP contribution is 2.38. The largest absolute Gasteiger partial charge is 0.310 e. The van der Waals surface area contributed by atoms with Crippen LogP contribution in [-0.2, 0) is 6.42 Å². The number of likely N-dealkylation sites (N-methyl/N-ethyl adjacent to an activating group) is 1. The molecule has 3 rings (SSSR count). The van der Waals surface area contributed by atoms with E-state index in [1.165, 1.54) is 11.3 Å². The summed E-state index contributed by atoms with van der Waals surface area (Å²) in [6, 6.07) is 4.33. The van der Waals surface area contributed by atoms with Gasteiger partial charge in [0.25, 0.3) is 0 Å². The molecule has 0 saturated carbocycles. The molecule has 0 spiro atoms. The van der Waals surface area contributed by atoms with Crippen LogP contribution in [0.2, 0.25) is 0 Å². The number of rotatable bonds is 3. The second kappa shape index (κ2) is 4.25. The maximum atomic E-state index is 4.52. The molecule has 0 amide bonds. The Bertz CT molecular complexity index is 493. The first-order chi connectivity index (χ1) is 8.40. The fourth-order valence-corrected chi connectivity index (χ4v) is 2.66. The standard InChI is InChI=1S/C12H15N5/c1-13-11(12-15-7-16-17-12)9-5-4-8-3-2-6-14-10(8)9/h2-3,6-7,9,11,13H,4-5H2,1H3,(H,15,16,17).